The molecule has 0 saturated carbocycles. The fourth-order valence-corrected chi connectivity index (χ4v) is 3.44. The number of methoxy groups -OCH3 is 1. The van der Waals surface area contributed by atoms with Gasteiger partial charge >= 0.3 is 0 Å². The van der Waals surface area contributed by atoms with E-state index in [2.05, 4.69) is 4.98 Å². The highest BCUT2D eigenvalue weighted by atomic mass is 16.5. The number of para-hydroxylation sites is 1. The molecule has 2 aromatic carbocycles. The number of allylic oxidation sites excluding steroid dienone is 3. The quantitative estimate of drug-likeness (QED) is 0.407. The van der Waals surface area contributed by atoms with Crippen molar-refractivity contribution in [1.82, 2.24) is 4.98 Å². The number of rotatable bonds is 5. The van der Waals surface area contributed by atoms with Gasteiger partial charge in [0.2, 0.25) is 5.43 Å². The molecule has 0 fully saturated rings. The molecule has 0 spiro atoms. The lowest BCUT2D eigenvalue weighted by Crippen LogP contribution is -2.09. The van der Waals surface area contributed by atoms with Crippen LogP contribution in [0.2, 0.25) is 0 Å². The highest BCUT2D eigenvalue weighted by Gasteiger charge is 2.22. The van der Waals surface area contributed by atoms with Crippen molar-refractivity contribution in [2.24, 2.45) is 5.92 Å². The molecule has 5 nitrogen and oxygen atoms in total. The largest absolute Gasteiger partial charge is 0.506 e. The number of hydrogen-bond donors (Lipinski definition) is 3. The number of aromatic amines is 1. The summed E-state index contributed by atoms with van der Waals surface area (Å²) in [5.74, 6) is 0.635. The Bertz CT molecular complexity index is 1200. The molecule has 0 unspecified atom stereocenters. The average Bonchev–Trinajstić information content (AvgIpc) is 2.66. The number of ether oxygens (including phenoxy) is 1. The Hall–Kier alpha value is -3.21. The minimum absolute atomic E-state index is 0.0168. The van der Waals surface area contributed by atoms with Gasteiger partial charge in [-0.15, -0.1) is 0 Å². The molecule has 0 amide bonds. The maximum Gasteiger partial charge on any atom is 0.201 e. The molecule has 3 aromatic rings. The summed E-state index contributed by atoms with van der Waals surface area (Å²) in [6.07, 6.45) is 6.31. The fraction of sp³-hybridized carbons (Fsp3) is 0.292. The zero-order valence-corrected chi connectivity index (χ0v) is 17.5. The number of phenolic OH excluding ortho intramolecular Hbond substituents is 2. The molecular weight excluding hydrogens is 366 g/mol. The van der Waals surface area contributed by atoms with E-state index in [1.54, 1.807) is 25.3 Å². The van der Waals surface area contributed by atoms with E-state index in [1.807, 2.05) is 39.8 Å². The summed E-state index contributed by atoms with van der Waals surface area (Å²) in [7, 11) is 1.55. The number of nitrogens with one attached hydrogen (secondary N) is 1. The Kier molecular flexibility index (Phi) is 5.69. The molecule has 3 rings (SSSR count). The SMILES string of the molecule is COc1c(C=CC(C)C)c(O)c2c(=O)c3cccc(O)c3[nH]c2c1CC=C(C)C. The minimum Gasteiger partial charge on any atom is -0.506 e. The number of pyridine rings is 1. The van der Waals surface area contributed by atoms with Crippen LogP contribution >= 0.6 is 0 Å². The number of aromatic hydroxyl groups is 2. The van der Waals surface area contributed by atoms with Gasteiger partial charge in [-0.2, -0.15) is 0 Å². The molecular formula is C24H27NO4. The van der Waals surface area contributed by atoms with E-state index in [4.69, 9.17) is 4.74 Å². The lowest BCUT2D eigenvalue weighted by atomic mass is 9.96. The van der Waals surface area contributed by atoms with E-state index in [9.17, 15) is 15.0 Å². The van der Waals surface area contributed by atoms with E-state index < -0.39 is 0 Å². The Morgan fingerprint density at radius 3 is 2.55 bits per heavy atom. The number of benzene rings is 2. The number of H-pyrrole nitrogens is 1. The van der Waals surface area contributed by atoms with Crippen molar-refractivity contribution >= 4 is 27.9 Å². The first-order valence-electron chi connectivity index (χ1n) is 9.67. The zero-order chi connectivity index (χ0) is 21.3. The summed E-state index contributed by atoms with van der Waals surface area (Å²) < 4.78 is 5.69. The maximum absolute atomic E-state index is 13.3. The van der Waals surface area contributed by atoms with Crippen LogP contribution in [0.3, 0.4) is 0 Å². The van der Waals surface area contributed by atoms with Gasteiger partial charge in [0, 0.05) is 5.56 Å². The normalized spacial score (nSPS) is 11.7. The summed E-state index contributed by atoms with van der Waals surface area (Å²) in [6, 6.07) is 4.77. The first-order chi connectivity index (χ1) is 13.8. The molecule has 0 saturated heterocycles. The van der Waals surface area contributed by atoms with Gasteiger partial charge in [-0.05, 0) is 38.3 Å². The van der Waals surface area contributed by atoms with Crippen LogP contribution in [0.1, 0.15) is 38.8 Å². The number of phenols is 2. The van der Waals surface area contributed by atoms with Gasteiger partial charge in [-0.3, -0.25) is 4.79 Å². The first-order valence-corrected chi connectivity index (χ1v) is 9.67. The van der Waals surface area contributed by atoms with Gasteiger partial charge in [0.25, 0.3) is 0 Å². The van der Waals surface area contributed by atoms with Crippen molar-refractivity contribution in [3.63, 3.8) is 0 Å². The molecule has 3 N–H and O–H groups in total. The Morgan fingerprint density at radius 2 is 1.93 bits per heavy atom. The lowest BCUT2D eigenvalue weighted by molar-refractivity contribution is 0.404. The number of hydrogen-bond acceptors (Lipinski definition) is 4. The topological polar surface area (TPSA) is 82.6 Å². The summed E-state index contributed by atoms with van der Waals surface area (Å²) in [4.78, 5) is 16.4. The molecule has 152 valence electrons. The summed E-state index contributed by atoms with van der Waals surface area (Å²) in [6.45, 7) is 8.07. The fourth-order valence-electron chi connectivity index (χ4n) is 3.44. The van der Waals surface area contributed by atoms with Crippen LogP contribution in [0.15, 0.2) is 40.7 Å². The Morgan fingerprint density at radius 1 is 1.21 bits per heavy atom. The molecule has 0 radical (unpaired) electrons. The van der Waals surface area contributed by atoms with Crippen LogP contribution in [0, 0.1) is 5.92 Å². The molecule has 0 bridgehead atoms. The zero-order valence-electron chi connectivity index (χ0n) is 17.5. The number of aromatic nitrogens is 1. The molecule has 0 aliphatic rings. The van der Waals surface area contributed by atoms with Gasteiger partial charge in [-0.25, -0.2) is 0 Å². The predicted octanol–water partition coefficient (Wildman–Crippen LogP) is 5.28. The molecule has 0 aliphatic heterocycles. The van der Waals surface area contributed by atoms with E-state index in [1.165, 1.54) is 6.07 Å². The number of fused-ring (bicyclic) bond motifs is 2. The van der Waals surface area contributed by atoms with Crippen molar-refractivity contribution in [3.8, 4) is 17.2 Å². The lowest BCUT2D eigenvalue weighted by Gasteiger charge is -2.17. The van der Waals surface area contributed by atoms with Gasteiger partial charge in [-0.1, -0.05) is 43.7 Å². The molecule has 1 aromatic heterocycles. The van der Waals surface area contributed by atoms with Crippen LogP contribution < -0.4 is 10.2 Å². The highest BCUT2D eigenvalue weighted by molar-refractivity contribution is 6.02. The van der Waals surface area contributed by atoms with E-state index in [0.717, 1.165) is 11.1 Å². The Labute approximate surface area is 170 Å². The third-order valence-electron chi connectivity index (χ3n) is 4.89. The van der Waals surface area contributed by atoms with Gasteiger partial charge in [0.05, 0.1) is 34.5 Å². The standard InChI is InChI=1S/C24H27NO4/c1-13(2)9-11-16-21-19(22(27)15-7-6-8-18(26)20(15)25-21)23(28)17(24(16)29-5)12-10-14(3)4/h6-10,12,14,26,28H,11H2,1-5H3,(H,25,27). The summed E-state index contributed by atoms with van der Waals surface area (Å²) in [5, 5.41) is 21.9. The van der Waals surface area contributed by atoms with Crippen molar-refractivity contribution in [1.29, 1.82) is 0 Å². The van der Waals surface area contributed by atoms with Crippen LogP contribution in [-0.4, -0.2) is 22.3 Å². The van der Waals surface area contributed by atoms with Crippen molar-refractivity contribution in [2.75, 3.05) is 7.11 Å². The minimum atomic E-state index is -0.331. The monoisotopic (exact) mass is 393 g/mol. The van der Waals surface area contributed by atoms with E-state index in [-0.39, 0.29) is 28.2 Å². The smallest absolute Gasteiger partial charge is 0.201 e. The Balaban J connectivity index is 2.55. The van der Waals surface area contributed by atoms with E-state index in [0.29, 0.717) is 34.2 Å². The first kappa shape index (κ1) is 20.5. The molecule has 0 atom stereocenters. The molecule has 5 heteroatoms. The molecule has 1 heterocycles. The van der Waals surface area contributed by atoms with Crippen LogP contribution in [-0.2, 0) is 6.42 Å². The molecule has 0 aliphatic carbocycles. The second kappa shape index (κ2) is 8.03. The van der Waals surface area contributed by atoms with Gasteiger partial charge in [0.15, 0.2) is 0 Å². The second-order valence-corrected chi connectivity index (χ2v) is 7.77. The predicted molar refractivity (Wildman–Crippen MR) is 119 cm³/mol. The van der Waals surface area contributed by atoms with Gasteiger partial charge in [0.1, 0.15) is 17.2 Å². The van der Waals surface area contributed by atoms with Crippen molar-refractivity contribution in [3.05, 3.63) is 57.3 Å². The second-order valence-electron chi connectivity index (χ2n) is 7.77. The van der Waals surface area contributed by atoms with Crippen molar-refractivity contribution in [2.45, 2.75) is 34.1 Å². The van der Waals surface area contributed by atoms with Crippen LogP contribution in [0.5, 0.6) is 17.2 Å². The molecule has 29 heavy (non-hydrogen) atoms. The summed E-state index contributed by atoms with van der Waals surface area (Å²) >= 11 is 0. The average molecular weight is 393 g/mol. The summed E-state index contributed by atoms with van der Waals surface area (Å²) in [5.41, 5.74) is 2.84. The van der Waals surface area contributed by atoms with E-state index >= 15 is 0 Å². The third kappa shape index (κ3) is 3.73. The van der Waals surface area contributed by atoms with Crippen LogP contribution in [0.25, 0.3) is 27.9 Å². The van der Waals surface area contributed by atoms with Gasteiger partial charge < -0.3 is 19.9 Å². The third-order valence-corrected chi connectivity index (χ3v) is 4.89. The maximum atomic E-state index is 13.3. The highest BCUT2D eigenvalue weighted by Crippen LogP contribution is 2.41. The van der Waals surface area contributed by atoms with Crippen molar-refractivity contribution < 1.29 is 14.9 Å². The van der Waals surface area contributed by atoms with Crippen LogP contribution in [0.4, 0.5) is 0 Å².